The summed E-state index contributed by atoms with van der Waals surface area (Å²) in [6.45, 7) is 4.12. The first-order valence-corrected chi connectivity index (χ1v) is 14.1. The zero-order valence-corrected chi connectivity index (χ0v) is 23.5. The number of fused-ring (bicyclic) bond motifs is 4. The molecular formula is C30H35FN4O6. The normalized spacial score (nSPS) is 24.5. The zero-order valence-electron chi connectivity index (χ0n) is 23.5. The van der Waals surface area contributed by atoms with E-state index >= 15 is 0 Å². The van der Waals surface area contributed by atoms with Crippen LogP contribution in [0.2, 0.25) is 0 Å². The molecule has 0 saturated carbocycles. The maximum absolute atomic E-state index is 13.9. The molecule has 10 nitrogen and oxygen atoms in total. The lowest BCUT2D eigenvalue weighted by Gasteiger charge is -2.21. The van der Waals surface area contributed by atoms with Crippen molar-refractivity contribution in [2.75, 3.05) is 52.4 Å². The summed E-state index contributed by atoms with van der Waals surface area (Å²) in [6.07, 6.45) is 2.65. The van der Waals surface area contributed by atoms with E-state index in [9.17, 15) is 14.0 Å². The summed E-state index contributed by atoms with van der Waals surface area (Å²) in [6, 6.07) is 6.71. The van der Waals surface area contributed by atoms with Crippen molar-refractivity contribution in [3.63, 3.8) is 0 Å². The van der Waals surface area contributed by atoms with E-state index in [1.807, 2.05) is 11.1 Å². The van der Waals surface area contributed by atoms with Gasteiger partial charge in [0.25, 0.3) is 11.8 Å². The third kappa shape index (κ3) is 5.13. The zero-order chi connectivity index (χ0) is 28.7. The summed E-state index contributed by atoms with van der Waals surface area (Å²) in [5.41, 5.74) is 2.17. The number of methoxy groups -OCH3 is 2. The van der Waals surface area contributed by atoms with Crippen LogP contribution in [0.25, 0.3) is 0 Å². The highest BCUT2D eigenvalue weighted by Gasteiger charge is 2.39. The highest BCUT2D eigenvalue weighted by molar-refractivity contribution is 6.03. The monoisotopic (exact) mass is 566 g/mol. The molecule has 4 aliphatic rings. The topological polar surface area (TPSA) is 102 Å². The molecule has 0 bridgehead atoms. The van der Waals surface area contributed by atoms with Crippen LogP contribution in [0.3, 0.4) is 0 Å². The lowest BCUT2D eigenvalue weighted by atomic mass is 10.1. The van der Waals surface area contributed by atoms with E-state index in [4.69, 9.17) is 18.9 Å². The molecule has 2 saturated heterocycles. The van der Waals surface area contributed by atoms with Crippen molar-refractivity contribution in [2.45, 2.75) is 44.4 Å². The molecule has 0 aromatic heterocycles. The van der Waals surface area contributed by atoms with Crippen LogP contribution in [0.5, 0.6) is 23.0 Å². The maximum Gasteiger partial charge on any atom is 0.256 e. The molecule has 4 aliphatic heterocycles. The Balaban J connectivity index is 1.09. The summed E-state index contributed by atoms with van der Waals surface area (Å²) < 4.78 is 37.0. The van der Waals surface area contributed by atoms with Crippen molar-refractivity contribution in [3.8, 4) is 23.0 Å². The number of anilines is 1. The molecule has 4 atom stereocenters. The third-order valence-electron chi connectivity index (χ3n) is 8.20. The number of ether oxygens (including phenoxy) is 4. The van der Waals surface area contributed by atoms with Gasteiger partial charge in [-0.25, -0.2) is 4.39 Å². The molecule has 2 amide bonds. The van der Waals surface area contributed by atoms with Crippen LogP contribution in [-0.4, -0.2) is 93.2 Å². The lowest BCUT2D eigenvalue weighted by molar-refractivity contribution is 0.0740. The van der Waals surface area contributed by atoms with Gasteiger partial charge in [-0.3, -0.25) is 14.6 Å². The van der Waals surface area contributed by atoms with Crippen molar-refractivity contribution in [1.29, 1.82) is 0 Å². The highest BCUT2D eigenvalue weighted by Crippen LogP contribution is 2.40. The molecule has 2 aromatic rings. The number of halogens is 1. The first kappa shape index (κ1) is 27.2. The second-order valence-corrected chi connectivity index (χ2v) is 11.1. The van der Waals surface area contributed by atoms with Gasteiger partial charge in [-0.05, 0) is 24.5 Å². The van der Waals surface area contributed by atoms with Crippen LogP contribution in [-0.2, 0) is 0 Å². The Morgan fingerprint density at radius 2 is 1.59 bits per heavy atom. The SMILES string of the molecule is COc1cc2c(cc1OCCCOc1cc3c(cc1OC)C(=O)N1C[C@@H](F)C[C@H]1CN3)N=C[C@@H]1C[C@H](C)CN1C2=O. The van der Waals surface area contributed by atoms with Gasteiger partial charge in [-0.1, -0.05) is 6.92 Å². The van der Waals surface area contributed by atoms with Gasteiger partial charge in [0.2, 0.25) is 0 Å². The molecule has 0 aliphatic carbocycles. The highest BCUT2D eigenvalue weighted by atomic mass is 19.1. The Hall–Kier alpha value is -4.02. The number of amides is 2. The molecule has 0 radical (unpaired) electrons. The number of hydrogen-bond donors (Lipinski definition) is 1. The average molecular weight is 567 g/mol. The number of aliphatic imine (C=N–C) groups is 1. The predicted octanol–water partition coefficient (Wildman–Crippen LogP) is 4.10. The second-order valence-electron chi connectivity index (χ2n) is 11.1. The Kier molecular flexibility index (Phi) is 7.35. The standard InChI is InChI=1S/C30H35FN4O6/c1-17-7-19-13-32-23-11-27(25(38-2)9-21(23)29(36)34(19)15-17)40-5-4-6-41-28-12-24-22(10-26(28)39-3)30(37)35-16-18(31)8-20(35)14-33-24/h9-13,17-20,33H,4-8,14-16H2,1-3H3/t17-,18-,19-,20-/m0/s1. The van der Waals surface area contributed by atoms with Crippen LogP contribution in [0.15, 0.2) is 29.3 Å². The van der Waals surface area contributed by atoms with Crippen LogP contribution in [0.1, 0.15) is 46.9 Å². The van der Waals surface area contributed by atoms with Gasteiger partial charge in [0.15, 0.2) is 23.0 Å². The Labute approximate surface area is 238 Å². The first-order valence-electron chi connectivity index (χ1n) is 14.1. The van der Waals surface area contributed by atoms with Gasteiger partial charge in [0, 0.05) is 44.3 Å². The van der Waals surface area contributed by atoms with Crippen molar-refractivity contribution in [3.05, 3.63) is 35.4 Å². The number of hydrogen-bond acceptors (Lipinski definition) is 8. The lowest BCUT2D eigenvalue weighted by Crippen LogP contribution is -2.37. The van der Waals surface area contributed by atoms with Gasteiger partial charge >= 0.3 is 0 Å². The quantitative estimate of drug-likeness (QED) is 0.480. The summed E-state index contributed by atoms with van der Waals surface area (Å²) in [4.78, 5) is 34.4. The van der Waals surface area contributed by atoms with Gasteiger partial charge in [-0.2, -0.15) is 0 Å². The molecule has 2 aromatic carbocycles. The minimum absolute atomic E-state index is 0.00957. The van der Waals surface area contributed by atoms with E-state index in [1.165, 1.54) is 7.11 Å². The van der Waals surface area contributed by atoms with E-state index in [-0.39, 0.29) is 30.4 Å². The molecule has 1 N–H and O–H groups in total. The molecule has 0 unspecified atom stereocenters. The molecule has 11 heteroatoms. The van der Waals surface area contributed by atoms with Gasteiger partial charge < -0.3 is 34.1 Å². The van der Waals surface area contributed by atoms with Crippen LogP contribution < -0.4 is 24.3 Å². The largest absolute Gasteiger partial charge is 0.493 e. The first-order chi connectivity index (χ1) is 19.9. The van der Waals surface area contributed by atoms with Crippen molar-refractivity contribution < 1.29 is 32.9 Å². The molecule has 2 fully saturated rings. The van der Waals surface area contributed by atoms with Crippen molar-refractivity contribution in [2.24, 2.45) is 10.9 Å². The van der Waals surface area contributed by atoms with Crippen LogP contribution in [0, 0.1) is 5.92 Å². The maximum atomic E-state index is 13.9. The summed E-state index contributed by atoms with van der Waals surface area (Å²) in [5.74, 6) is 2.11. The van der Waals surface area contributed by atoms with E-state index in [0.29, 0.717) is 84.0 Å². The summed E-state index contributed by atoms with van der Waals surface area (Å²) in [7, 11) is 3.07. The molecule has 6 rings (SSSR count). The van der Waals surface area contributed by atoms with Crippen molar-refractivity contribution in [1.82, 2.24) is 9.80 Å². The number of nitrogens with one attached hydrogen (secondary N) is 1. The Morgan fingerprint density at radius 3 is 2.32 bits per heavy atom. The number of carbonyl (C=O) groups is 2. The fourth-order valence-electron chi connectivity index (χ4n) is 6.14. The van der Waals surface area contributed by atoms with E-state index in [1.54, 1.807) is 36.3 Å². The van der Waals surface area contributed by atoms with E-state index in [2.05, 4.69) is 17.2 Å². The number of alkyl halides is 1. The predicted molar refractivity (Wildman–Crippen MR) is 151 cm³/mol. The fraction of sp³-hybridized carbons (Fsp3) is 0.500. The molecule has 4 heterocycles. The second kappa shape index (κ2) is 11.1. The molecule has 0 spiro atoms. The minimum Gasteiger partial charge on any atom is -0.493 e. The number of carbonyl (C=O) groups excluding carboxylic acids is 2. The third-order valence-corrected chi connectivity index (χ3v) is 8.20. The van der Waals surface area contributed by atoms with Gasteiger partial charge in [0.05, 0.1) is 68.6 Å². The molecule has 218 valence electrons. The van der Waals surface area contributed by atoms with Crippen LogP contribution in [0.4, 0.5) is 15.8 Å². The summed E-state index contributed by atoms with van der Waals surface area (Å²) >= 11 is 0. The molecule has 41 heavy (non-hydrogen) atoms. The van der Waals surface area contributed by atoms with Crippen molar-refractivity contribution >= 4 is 29.4 Å². The van der Waals surface area contributed by atoms with E-state index < -0.39 is 6.17 Å². The van der Waals surface area contributed by atoms with Gasteiger partial charge in [0.1, 0.15) is 6.17 Å². The van der Waals surface area contributed by atoms with E-state index in [0.717, 1.165) is 13.0 Å². The Morgan fingerprint density at radius 1 is 0.902 bits per heavy atom. The fourth-order valence-corrected chi connectivity index (χ4v) is 6.14. The molecular weight excluding hydrogens is 531 g/mol. The smallest absolute Gasteiger partial charge is 0.256 e. The Bertz CT molecular complexity index is 1380. The summed E-state index contributed by atoms with van der Waals surface area (Å²) in [5, 5.41) is 3.28. The minimum atomic E-state index is -0.998. The number of rotatable bonds is 8. The van der Waals surface area contributed by atoms with Gasteiger partial charge in [-0.15, -0.1) is 0 Å². The van der Waals surface area contributed by atoms with Crippen LogP contribution >= 0.6 is 0 Å². The average Bonchev–Trinajstić information content (AvgIpc) is 3.48. The number of benzene rings is 2. The number of nitrogens with zero attached hydrogens (tertiary/aromatic N) is 3.